The fourth-order valence-corrected chi connectivity index (χ4v) is 2.83. The Labute approximate surface area is 91.7 Å². The van der Waals surface area contributed by atoms with Gasteiger partial charge in [-0.25, -0.2) is 0 Å². The van der Waals surface area contributed by atoms with Gasteiger partial charge in [0.2, 0.25) is 0 Å². The molecule has 1 aromatic rings. The third-order valence-corrected chi connectivity index (χ3v) is 3.99. The zero-order valence-corrected chi connectivity index (χ0v) is 9.15. The molecular formula is C14H19N. The van der Waals surface area contributed by atoms with Crippen molar-refractivity contribution in [3.63, 3.8) is 0 Å². The van der Waals surface area contributed by atoms with E-state index in [1.54, 1.807) is 0 Å². The van der Waals surface area contributed by atoms with Crippen molar-refractivity contribution >= 4 is 0 Å². The molecule has 0 saturated heterocycles. The maximum atomic E-state index is 6.30. The Kier molecular flexibility index (Phi) is 2.28. The van der Waals surface area contributed by atoms with Crippen LogP contribution < -0.4 is 5.73 Å². The van der Waals surface area contributed by atoms with Gasteiger partial charge in [0.25, 0.3) is 0 Å². The largest absolute Gasteiger partial charge is 0.327 e. The molecule has 1 aromatic carbocycles. The van der Waals surface area contributed by atoms with E-state index < -0.39 is 0 Å². The quantitative estimate of drug-likeness (QED) is 0.799. The summed E-state index contributed by atoms with van der Waals surface area (Å²) in [6.07, 6.45) is 6.54. The van der Waals surface area contributed by atoms with E-state index in [2.05, 4.69) is 24.3 Å². The molecule has 80 valence electrons. The Morgan fingerprint density at radius 1 is 1.13 bits per heavy atom. The standard InChI is InChI=1S/C14H19N/c15-14(7-10-5-6-10)13-8-11-3-1-2-4-12(11)9-13/h1-4,10,13-14H,5-9,15H2. The molecule has 1 unspecified atom stereocenters. The van der Waals surface area contributed by atoms with Crippen LogP contribution in [0.5, 0.6) is 0 Å². The molecule has 0 spiro atoms. The summed E-state index contributed by atoms with van der Waals surface area (Å²) < 4.78 is 0. The summed E-state index contributed by atoms with van der Waals surface area (Å²) >= 11 is 0. The minimum atomic E-state index is 0.435. The molecule has 15 heavy (non-hydrogen) atoms. The van der Waals surface area contributed by atoms with Crippen LogP contribution in [0.15, 0.2) is 24.3 Å². The van der Waals surface area contributed by atoms with Crippen LogP contribution in [0.3, 0.4) is 0 Å². The van der Waals surface area contributed by atoms with Gasteiger partial charge >= 0.3 is 0 Å². The van der Waals surface area contributed by atoms with Gasteiger partial charge in [0.1, 0.15) is 0 Å². The minimum absolute atomic E-state index is 0.435. The highest BCUT2D eigenvalue weighted by Gasteiger charge is 2.31. The second kappa shape index (κ2) is 3.64. The average Bonchev–Trinajstić information content (AvgIpc) is 2.95. The predicted molar refractivity (Wildman–Crippen MR) is 62.7 cm³/mol. The molecule has 1 heteroatoms. The Balaban J connectivity index is 1.66. The van der Waals surface area contributed by atoms with E-state index >= 15 is 0 Å². The summed E-state index contributed by atoms with van der Waals surface area (Å²) in [5.41, 5.74) is 9.37. The summed E-state index contributed by atoms with van der Waals surface area (Å²) in [6, 6.07) is 9.25. The van der Waals surface area contributed by atoms with Crippen molar-refractivity contribution in [2.45, 2.75) is 38.1 Å². The topological polar surface area (TPSA) is 26.0 Å². The number of fused-ring (bicyclic) bond motifs is 1. The SMILES string of the molecule is NC(CC1CC1)C1Cc2ccccc2C1. The third kappa shape index (κ3) is 1.93. The van der Waals surface area contributed by atoms with Gasteiger partial charge < -0.3 is 5.73 Å². The molecule has 0 aliphatic heterocycles. The van der Waals surface area contributed by atoms with Gasteiger partial charge in [-0.1, -0.05) is 37.1 Å². The van der Waals surface area contributed by atoms with Crippen molar-refractivity contribution in [2.75, 3.05) is 0 Å². The van der Waals surface area contributed by atoms with E-state index in [0.717, 1.165) is 5.92 Å². The Morgan fingerprint density at radius 3 is 2.27 bits per heavy atom. The van der Waals surface area contributed by atoms with Crippen LogP contribution in [0.25, 0.3) is 0 Å². The maximum Gasteiger partial charge on any atom is 0.00761 e. The van der Waals surface area contributed by atoms with Crippen LogP contribution in [-0.2, 0) is 12.8 Å². The normalized spacial score (nSPS) is 22.7. The summed E-state index contributed by atoms with van der Waals surface area (Å²) in [5.74, 6) is 1.67. The number of rotatable bonds is 3. The highest BCUT2D eigenvalue weighted by atomic mass is 14.7. The molecule has 0 radical (unpaired) electrons. The lowest BCUT2D eigenvalue weighted by atomic mass is 9.93. The van der Waals surface area contributed by atoms with Crippen LogP contribution in [0.1, 0.15) is 30.4 Å². The van der Waals surface area contributed by atoms with Crippen LogP contribution in [-0.4, -0.2) is 6.04 Å². The van der Waals surface area contributed by atoms with E-state index in [4.69, 9.17) is 5.73 Å². The summed E-state index contributed by atoms with van der Waals surface area (Å²) in [6.45, 7) is 0. The Morgan fingerprint density at radius 2 is 1.73 bits per heavy atom. The van der Waals surface area contributed by atoms with Crippen LogP contribution in [0.4, 0.5) is 0 Å². The molecule has 0 aromatic heterocycles. The van der Waals surface area contributed by atoms with Gasteiger partial charge in [-0.2, -0.15) is 0 Å². The fraction of sp³-hybridized carbons (Fsp3) is 0.571. The molecule has 2 aliphatic rings. The van der Waals surface area contributed by atoms with Crippen molar-refractivity contribution in [2.24, 2.45) is 17.6 Å². The smallest absolute Gasteiger partial charge is 0.00761 e. The van der Waals surface area contributed by atoms with Crippen molar-refractivity contribution in [1.29, 1.82) is 0 Å². The molecule has 1 atom stereocenters. The van der Waals surface area contributed by atoms with Gasteiger partial charge in [0, 0.05) is 6.04 Å². The number of hydrogen-bond acceptors (Lipinski definition) is 1. The van der Waals surface area contributed by atoms with Gasteiger partial charge in [0.15, 0.2) is 0 Å². The van der Waals surface area contributed by atoms with Gasteiger partial charge in [0.05, 0.1) is 0 Å². The molecule has 0 amide bonds. The molecule has 0 heterocycles. The van der Waals surface area contributed by atoms with Crippen molar-refractivity contribution in [3.8, 4) is 0 Å². The fourth-order valence-electron chi connectivity index (χ4n) is 2.83. The maximum absolute atomic E-state index is 6.30. The highest BCUT2D eigenvalue weighted by molar-refractivity contribution is 5.32. The molecule has 1 nitrogen and oxygen atoms in total. The van der Waals surface area contributed by atoms with E-state index in [9.17, 15) is 0 Å². The monoisotopic (exact) mass is 201 g/mol. The van der Waals surface area contributed by atoms with Crippen molar-refractivity contribution in [1.82, 2.24) is 0 Å². The molecule has 1 fully saturated rings. The number of benzene rings is 1. The molecular weight excluding hydrogens is 182 g/mol. The number of hydrogen-bond donors (Lipinski definition) is 1. The third-order valence-electron chi connectivity index (χ3n) is 3.99. The predicted octanol–water partition coefficient (Wildman–Crippen LogP) is 2.53. The van der Waals surface area contributed by atoms with E-state index in [1.165, 1.54) is 43.2 Å². The lowest BCUT2D eigenvalue weighted by Crippen LogP contribution is -2.31. The first-order chi connectivity index (χ1) is 7.33. The Hall–Kier alpha value is -0.820. The zero-order valence-electron chi connectivity index (χ0n) is 9.15. The van der Waals surface area contributed by atoms with E-state index in [-0.39, 0.29) is 0 Å². The molecule has 1 saturated carbocycles. The summed E-state index contributed by atoms with van der Waals surface area (Å²) in [7, 11) is 0. The number of nitrogens with two attached hydrogens (primary N) is 1. The van der Waals surface area contributed by atoms with Crippen molar-refractivity contribution in [3.05, 3.63) is 35.4 Å². The lowest BCUT2D eigenvalue weighted by molar-refractivity contribution is 0.401. The first-order valence-corrected chi connectivity index (χ1v) is 6.15. The van der Waals surface area contributed by atoms with Gasteiger partial charge in [-0.15, -0.1) is 0 Å². The average molecular weight is 201 g/mol. The summed E-state index contributed by atoms with van der Waals surface area (Å²) in [5, 5.41) is 0. The highest BCUT2D eigenvalue weighted by Crippen LogP contribution is 2.37. The second-order valence-electron chi connectivity index (χ2n) is 5.28. The summed E-state index contributed by atoms with van der Waals surface area (Å²) in [4.78, 5) is 0. The second-order valence-corrected chi connectivity index (χ2v) is 5.28. The van der Waals surface area contributed by atoms with Crippen LogP contribution in [0, 0.1) is 11.8 Å². The van der Waals surface area contributed by atoms with E-state index in [0.29, 0.717) is 12.0 Å². The molecule has 2 aliphatic carbocycles. The minimum Gasteiger partial charge on any atom is -0.327 e. The van der Waals surface area contributed by atoms with Crippen LogP contribution >= 0.6 is 0 Å². The molecule has 3 rings (SSSR count). The molecule has 2 N–H and O–H groups in total. The zero-order chi connectivity index (χ0) is 10.3. The van der Waals surface area contributed by atoms with Crippen molar-refractivity contribution < 1.29 is 0 Å². The van der Waals surface area contributed by atoms with Gasteiger partial charge in [-0.3, -0.25) is 0 Å². The van der Waals surface area contributed by atoms with Crippen LogP contribution in [0.2, 0.25) is 0 Å². The first-order valence-electron chi connectivity index (χ1n) is 6.15. The van der Waals surface area contributed by atoms with E-state index in [1.807, 2.05) is 0 Å². The lowest BCUT2D eigenvalue weighted by Gasteiger charge is -2.18. The molecule has 0 bridgehead atoms. The van der Waals surface area contributed by atoms with Gasteiger partial charge in [-0.05, 0) is 42.2 Å². The Bertz CT molecular complexity index is 329. The first kappa shape index (κ1) is 9.41.